The number of fused-ring (bicyclic) bond motifs is 1. The number of hydrogen-bond acceptors (Lipinski definition) is 4. The van der Waals surface area contributed by atoms with E-state index in [0.29, 0.717) is 16.8 Å². The summed E-state index contributed by atoms with van der Waals surface area (Å²) in [5, 5.41) is 3.21. The minimum Gasteiger partial charge on any atom is -0.397 e. The highest BCUT2D eigenvalue weighted by molar-refractivity contribution is 6.21. The number of aryl methyl sites for hydroxylation is 1. The van der Waals surface area contributed by atoms with E-state index in [-0.39, 0.29) is 11.8 Å². The summed E-state index contributed by atoms with van der Waals surface area (Å²) < 4.78 is 0. The first-order valence-electron chi connectivity index (χ1n) is 6.57. The molecule has 106 valence electrons. The summed E-state index contributed by atoms with van der Waals surface area (Å²) in [7, 11) is 1.48. The average Bonchev–Trinajstić information content (AvgIpc) is 2.68. The van der Waals surface area contributed by atoms with Crippen LogP contribution in [0.4, 0.5) is 17.1 Å². The molecule has 5 heteroatoms. The molecule has 0 unspecified atom stereocenters. The Hall–Kier alpha value is -2.82. The van der Waals surface area contributed by atoms with E-state index < -0.39 is 0 Å². The second-order valence-corrected chi connectivity index (χ2v) is 5.09. The third-order valence-corrected chi connectivity index (χ3v) is 3.66. The fourth-order valence-corrected chi connectivity index (χ4v) is 2.44. The van der Waals surface area contributed by atoms with E-state index in [1.54, 1.807) is 18.2 Å². The summed E-state index contributed by atoms with van der Waals surface area (Å²) >= 11 is 0. The predicted octanol–water partition coefficient (Wildman–Crippen LogP) is 2.55. The quantitative estimate of drug-likeness (QED) is 0.655. The monoisotopic (exact) mass is 281 g/mol. The second-order valence-electron chi connectivity index (χ2n) is 5.09. The highest BCUT2D eigenvalue weighted by atomic mass is 16.2. The number of carbonyl (C=O) groups excluding carboxylic acids is 2. The number of para-hydroxylation sites is 1. The van der Waals surface area contributed by atoms with Crippen molar-refractivity contribution in [3.63, 3.8) is 0 Å². The molecule has 1 aliphatic heterocycles. The van der Waals surface area contributed by atoms with Gasteiger partial charge in [0.15, 0.2) is 0 Å². The summed E-state index contributed by atoms with van der Waals surface area (Å²) in [6.45, 7) is 1.95. The summed E-state index contributed by atoms with van der Waals surface area (Å²) in [5.74, 6) is -0.548. The topological polar surface area (TPSA) is 75.4 Å². The number of hydrogen-bond donors (Lipinski definition) is 2. The Morgan fingerprint density at radius 1 is 1.05 bits per heavy atom. The van der Waals surface area contributed by atoms with Crippen molar-refractivity contribution in [3.05, 3.63) is 53.1 Å². The van der Waals surface area contributed by atoms with E-state index in [2.05, 4.69) is 5.32 Å². The van der Waals surface area contributed by atoms with Gasteiger partial charge < -0.3 is 11.1 Å². The molecule has 5 nitrogen and oxygen atoms in total. The first-order chi connectivity index (χ1) is 9.99. The number of imide groups is 1. The van der Waals surface area contributed by atoms with Crippen LogP contribution in [0.3, 0.4) is 0 Å². The number of nitrogens with one attached hydrogen (secondary N) is 1. The van der Waals surface area contributed by atoms with Gasteiger partial charge in [-0.05, 0) is 36.8 Å². The Morgan fingerprint density at radius 2 is 1.76 bits per heavy atom. The molecule has 2 amide bonds. The van der Waals surface area contributed by atoms with Gasteiger partial charge in [-0.1, -0.05) is 12.1 Å². The fraction of sp³-hybridized carbons (Fsp3) is 0.125. The molecule has 0 saturated heterocycles. The van der Waals surface area contributed by atoms with E-state index in [1.807, 2.05) is 25.1 Å². The first kappa shape index (κ1) is 13.2. The van der Waals surface area contributed by atoms with Crippen LogP contribution in [0.2, 0.25) is 0 Å². The number of carbonyl (C=O) groups is 2. The predicted molar refractivity (Wildman–Crippen MR) is 81.7 cm³/mol. The molecule has 3 N–H and O–H groups in total. The maximum atomic E-state index is 12.0. The summed E-state index contributed by atoms with van der Waals surface area (Å²) in [4.78, 5) is 25.0. The summed E-state index contributed by atoms with van der Waals surface area (Å²) in [5.41, 5.74) is 9.99. The van der Waals surface area contributed by atoms with Crippen molar-refractivity contribution in [2.24, 2.45) is 0 Å². The Kier molecular flexibility index (Phi) is 2.90. The van der Waals surface area contributed by atoms with Crippen LogP contribution in [-0.4, -0.2) is 23.8 Å². The maximum absolute atomic E-state index is 12.0. The average molecular weight is 281 g/mol. The molecule has 0 fully saturated rings. The van der Waals surface area contributed by atoms with Crippen molar-refractivity contribution in [2.45, 2.75) is 6.92 Å². The summed E-state index contributed by atoms with van der Waals surface area (Å²) in [6, 6.07) is 10.8. The van der Waals surface area contributed by atoms with Gasteiger partial charge in [-0.2, -0.15) is 0 Å². The molecule has 0 bridgehead atoms. The van der Waals surface area contributed by atoms with Gasteiger partial charge in [0, 0.05) is 12.7 Å². The number of benzene rings is 2. The normalized spacial score (nSPS) is 13.5. The van der Waals surface area contributed by atoms with Crippen molar-refractivity contribution in [2.75, 3.05) is 18.1 Å². The van der Waals surface area contributed by atoms with Gasteiger partial charge in [-0.3, -0.25) is 14.5 Å². The fourth-order valence-electron chi connectivity index (χ4n) is 2.44. The van der Waals surface area contributed by atoms with Crippen LogP contribution in [0.25, 0.3) is 0 Å². The lowest BCUT2D eigenvalue weighted by molar-refractivity contribution is 0.0693. The van der Waals surface area contributed by atoms with E-state index in [4.69, 9.17) is 5.73 Å². The molecule has 0 radical (unpaired) electrons. The van der Waals surface area contributed by atoms with Crippen LogP contribution in [0.15, 0.2) is 36.4 Å². The molecule has 0 saturated carbocycles. The zero-order valence-corrected chi connectivity index (χ0v) is 11.8. The largest absolute Gasteiger partial charge is 0.397 e. The van der Waals surface area contributed by atoms with Gasteiger partial charge in [0.05, 0.1) is 22.5 Å². The summed E-state index contributed by atoms with van der Waals surface area (Å²) in [6.07, 6.45) is 0. The van der Waals surface area contributed by atoms with Gasteiger partial charge >= 0.3 is 0 Å². The van der Waals surface area contributed by atoms with Crippen LogP contribution >= 0.6 is 0 Å². The number of anilines is 3. The van der Waals surface area contributed by atoms with Crippen molar-refractivity contribution >= 4 is 28.9 Å². The van der Waals surface area contributed by atoms with Crippen molar-refractivity contribution < 1.29 is 9.59 Å². The Bertz CT molecular complexity index is 748. The zero-order valence-electron chi connectivity index (χ0n) is 11.8. The van der Waals surface area contributed by atoms with E-state index >= 15 is 0 Å². The lowest BCUT2D eigenvalue weighted by Crippen LogP contribution is -2.24. The Balaban J connectivity index is 2.00. The van der Waals surface area contributed by atoms with Crippen molar-refractivity contribution in [1.82, 2.24) is 4.90 Å². The molecule has 2 aromatic carbocycles. The number of nitrogen functional groups attached to an aromatic ring is 1. The standard InChI is InChI=1S/C16H15N3O2/c1-9-4-3-5-13(17)14(9)18-10-6-7-11-12(8-10)16(21)19(2)15(11)20/h3-8,18H,17H2,1-2H3. The molecule has 0 spiro atoms. The molecular formula is C16H15N3O2. The van der Waals surface area contributed by atoms with E-state index in [9.17, 15) is 9.59 Å². The third-order valence-electron chi connectivity index (χ3n) is 3.66. The number of nitrogens with zero attached hydrogens (tertiary/aromatic N) is 1. The van der Waals surface area contributed by atoms with Crippen molar-refractivity contribution in [3.8, 4) is 0 Å². The van der Waals surface area contributed by atoms with E-state index in [0.717, 1.165) is 21.8 Å². The Morgan fingerprint density at radius 3 is 2.48 bits per heavy atom. The number of nitrogens with two attached hydrogens (primary N) is 1. The lowest BCUT2D eigenvalue weighted by Gasteiger charge is -2.12. The minimum absolute atomic E-state index is 0.267. The molecule has 0 aliphatic carbocycles. The molecular weight excluding hydrogens is 266 g/mol. The molecule has 2 aromatic rings. The lowest BCUT2D eigenvalue weighted by atomic mass is 10.1. The minimum atomic E-state index is -0.281. The highest BCUT2D eigenvalue weighted by Gasteiger charge is 2.32. The molecule has 1 heterocycles. The van der Waals surface area contributed by atoms with Crippen LogP contribution in [-0.2, 0) is 0 Å². The van der Waals surface area contributed by atoms with Gasteiger partial charge in [-0.25, -0.2) is 0 Å². The van der Waals surface area contributed by atoms with Crippen LogP contribution < -0.4 is 11.1 Å². The zero-order chi connectivity index (χ0) is 15.1. The van der Waals surface area contributed by atoms with Gasteiger partial charge in [0.1, 0.15) is 0 Å². The molecule has 1 aliphatic rings. The Labute approximate surface area is 122 Å². The van der Waals surface area contributed by atoms with Crippen molar-refractivity contribution in [1.29, 1.82) is 0 Å². The molecule has 0 aromatic heterocycles. The van der Waals surface area contributed by atoms with Crippen LogP contribution in [0.5, 0.6) is 0 Å². The smallest absolute Gasteiger partial charge is 0.261 e. The molecule has 0 atom stereocenters. The maximum Gasteiger partial charge on any atom is 0.261 e. The second kappa shape index (κ2) is 4.63. The van der Waals surface area contributed by atoms with Gasteiger partial charge in [0.25, 0.3) is 11.8 Å². The third kappa shape index (κ3) is 2.03. The number of amides is 2. The first-order valence-corrected chi connectivity index (χ1v) is 6.57. The number of rotatable bonds is 2. The SMILES string of the molecule is Cc1cccc(N)c1Nc1ccc2c(c1)C(=O)N(C)C2=O. The highest BCUT2D eigenvalue weighted by Crippen LogP contribution is 2.30. The van der Waals surface area contributed by atoms with Gasteiger partial charge in [-0.15, -0.1) is 0 Å². The van der Waals surface area contributed by atoms with Crippen LogP contribution in [0.1, 0.15) is 26.3 Å². The van der Waals surface area contributed by atoms with Gasteiger partial charge in [0.2, 0.25) is 0 Å². The van der Waals surface area contributed by atoms with E-state index in [1.165, 1.54) is 7.05 Å². The molecule has 21 heavy (non-hydrogen) atoms. The van der Waals surface area contributed by atoms with Crippen LogP contribution in [0, 0.1) is 6.92 Å². The molecule has 3 rings (SSSR count).